The van der Waals surface area contributed by atoms with Crippen molar-refractivity contribution in [1.82, 2.24) is 0 Å². The van der Waals surface area contributed by atoms with Gasteiger partial charge in [-0.15, -0.1) is 0 Å². The molecule has 2 aromatic rings. The summed E-state index contributed by atoms with van der Waals surface area (Å²) < 4.78 is 30.5. The molecule has 2 aromatic carbocycles. The molecule has 0 saturated heterocycles. The molecule has 0 aromatic heterocycles. The molecule has 4 rings (SSSR count). The highest BCUT2D eigenvalue weighted by atomic mass is 28.4. The van der Waals surface area contributed by atoms with Crippen molar-refractivity contribution < 1.29 is 28.2 Å². The lowest BCUT2D eigenvalue weighted by Crippen LogP contribution is -2.48. The molecular weight excluding hydrogens is 532 g/mol. The number of benzene rings is 2. The van der Waals surface area contributed by atoms with Crippen LogP contribution in [0, 0.1) is 23.7 Å². The zero-order valence-electron chi connectivity index (χ0n) is 26.1. The number of esters is 1. The summed E-state index contributed by atoms with van der Waals surface area (Å²) in [6, 6.07) is 18.3. The maximum absolute atomic E-state index is 13.2. The SMILES string of the molecule is CCOC(=O)C1C2C[C@H](COCc3ccccc3)[C@@H](CCOCc3ccc(OC)cc3)CC21O[Si](C)(C)C(C)(C)C. The normalized spacial score (nSPS) is 25.8. The fourth-order valence-corrected chi connectivity index (χ4v) is 7.81. The first-order chi connectivity index (χ1) is 19.5. The predicted octanol–water partition coefficient (Wildman–Crippen LogP) is 7.41. The summed E-state index contributed by atoms with van der Waals surface area (Å²) >= 11 is 0. The van der Waals surface area contributed by atoms with E-state index in [0.717, 1.165) is 30.6 Å². The van der Waals surface area contributed by atoms with Gasteiger partial charge in [0, 0.05) is 12.5 Å². The molecular formula is C34H50O6Si. The summed E-state index contributed by atoms with van der Waals surface area (Å²) in [5.41, 5.74) is 1.86. The number of carbonyl (C=O) groups is 1. The van der Waals surface area contributed by atoms with Crippen molar-refractivity contribution in [2.45, 2.75) is 83.9 Å². The molecule has 0 N–H and O–H groups in total. The number of methoxy groups -OCH3 is 1. The molecule has 7 heteroatoms. The zero-order valence-corrected chi connectivity index (χ0v) is 27.1. The van der Waals surface area contributed by atoms with E-state index in [4.69, 9.17) is 23.4 Å². The number of rotatable bonds is 14. The van der Waals surface area contributed by atoms with Crippen molar-refractivity contribution in [3.05, 3.63) is 65.7 Å². The van der Waals surface area contributed by atoms with E-state index in [2.05, 4.69) is 46.0 Å². The summed E-state index contributed by atoms with van der Waals surface area (Å²) in [5, 5.41) is 0.0563. The Morgan fingerprint density at radius 3 is 2.24 bits per heavy atom. The van der Waals surface area contributed by atoms with Crippen molar-refractivity contribution in [3.8, 4) is 5.75 Å². The third-order valence-electron chi connectivity index (χ3n) is 9.55. The lowest BCUT2D eigenvalue weighted by molar-refractivity contribution is -0.146. The van der Waals surface area contributed by atoms with Crippen LogP contribution in [-0.2, 0) is 36.6 Å². The minimum atomic E-state index is -2.13. The lowest BCUT2D eigenvalue weighted by atomic mass is 9.76. The Morgan fingerprint density at radius 2 is 1.61 bits per heavy atom. The third-order valence-corrected chi connectivity index (χ3v) is 14.1. The van der Waals surface area contributed by atoms with Crippen LogP contribution in [0.15, 0.2) is 54.6 Å². The Balaban J connectivity index is 1.47. The summed E-state index contributed by atoms with van der Waals surface area (Å²) in [7, 11) is -0.451. The minimum Gasteiger partial charge on any atom is -0.497 e. The highest BCUT2D eigenvalue weighted by molar-refractivity contribution is 6.74. The minimum absolute atomic E-state index is 0.0563. The smallest absolute Gasteiger partial charge is 0.312 e. The van der Waals surface area contributed by atoms with E-state index in [-0.39, 0.29) is 22.8 Å². The van der Waals surface area contributed by atoms with Crippen molar-refractivity contribution in [3.63, 3.8) is 0 Å². The zero-order chi connectivity index (χ0) is 29.7. The second kappa shape index (κ2) is 13.4. The first-order valence-corrected chi connectivity index (χ1v) is 18.1. The van der Waals surface area contributed by atoms with E-state index in [1.807, 2.05) is 49.4 Å². The molecule has 5 atom stereocenters. The van der Waals surface area contributed by atoms with E-state index in [0.29, 0.717) is 44.9 Å². The second-order valence-electron chi connectivity index (χ2n) is 13.3. The van der Waals surface area contributed by atoms with E-state index in [9.17, 15) is 4.79 Å². The van der Waals surface area contributed by atoms with Crippen LogP contribution in [0.2, 0.25) is 18.1 Å². The number of hydrogen-bond acceptors (Lipinski definition) is 6. The van der Waals surface area contributed by atoms with Crippen molar-refractivity contribution in [1.29, 1.82) is 0 Å². The van der Waals surface area contributed by atoms with E-state index >= 15 is 0 Å². The summed E-state index contributed by atoms with van der Waals surface area (Å²) in [6.07, 6.45) is 2.66. The van der Waals surface area contributed by atoms with Gasteiger partial charge in [0.05, 0.1) is 45.1 Å². The monoisotopic (exact) mass is 582 g/mol. The van der Waals surface area contributed by atoms with Gasteiger partial charge in [0.15, 0.2) is 8.32 Å². The molecule has 2 aliphatic rings. The highest BCUT2D eigenvalue weighted by Crippen LogP contribution is 2.66. The molecule has 2 aliphatic carbocycles. The Labute approximate surface area is 248 Å². The summed E-state index contributed by atoms with van der Waals surface area (Å²) in [6.45, 7) is 16.1. The largest absolute Gasteiger partial charge is 0.497 e. The van der Waals surface area contributed by atoms with E-state index in [1.54, 1.807) is 7.11 Å². The number of carbonyl (C=O) groups excluding carboxylic acids is 1. The van der Waals surface area contributed by atoms with Gasteiger partial charge in [-0.25, -0.2) is 0 Å². The van der Waals surface area contributed by atoms with Gasteiger partial charge in [-0.3, -0.25) is 4.79 Å². The molecule has 226 valence electrons. The van der Waals surface area contributed by atoms with Gasteiger partial charge in [0.2, 0.25) is 0 Å². The maximum Gasteiger partial charge on any atom is 0.312 e. The molecule has 41 heavy (non-hydrogen) atoms. The molecule has 0 amide bonds. The molecule has 2 saturated carbocycles. The van der Waals surface area contributed by atoms with Crippen molar-refractivity contribution >= 4 is 14.3 Å². The fraction of sp³-hybridized carbons (Fsp3) is 0.618. The standard InChI is InChI=1S/C34H50O6Si/c1-8-39-32(35)31-30-20-28(24-38-23-25-12-10-9-11-13-25)27(21-34(30,31)40-41(6,7)33(2,3)4)18-19-37-22-26-14-16-29(36-5)17-15-26/h9-17,27-28,30-31H,8,18-24H2,1-7H3/t27-,28+,30?,31?,34?/m0/s1. The average Bonchev–Trinajstić information content (AvgIpc) is 3.56. The molecule has 3 unspecified atom stereocenters. The Hall–Kier alpha value is -2.19. The van der Waals surface area contributed by atoms with Crippen LogP contribution < -0.4 is 4.74 Å². The van der Waals surface area contributed by atoms with Crippen LogP contribution in [0.25, 0.3) is 0 Å². The van der Waals surface area contributed by atoms with Crippen LogP contribution in [0.1, 0.15) is 58.1 Å². The first kappa shape index (κ1) is 31.7. The number of ether oxygens (including phenoxy) is 4. The van der Waals surface area contributed by atoms with E-state index in [1.165, 1.54) is 5.56 Å². The highest BCUT2D eigenvalue weighted by Gasteiger charge is 2.74. The first-order valence-electron chi connectivity index (χ1n) is 15.2. The number of hydrogen-bond donors (Lipinski definition) is 0. The van der Waals surface area contributed by atoms with Gasteiger partial charge in [-0.2, -0.15) is 0 Å². The number of fused-ring (bicyclic) bond motifs is 1. The van der Waals surface area contributed by atoms with Crippen LogP contribution in [0.5, 0.6) is 5.75 Å². The van der Waals surface area contributed by atoms with Gasteiger partial charge in [-0.1, -0.05) is 63.2 Å². The molecule has 0 radical (unpaired) electrons. The summed E-state index contributed by atoms with van der Waals surface area (Å²) in [4.78, 5) is 13.2. The molecule has 0 bridgehead atoms. The molecule has 0 aliphatic heterocycles. The molecule has 0 spiro atoms. The van der Waals surface area contributed by atoms with Crippen LogP contribution >= 0.6 is 0 Å². The topological polar surface area (TPSA) is 63.2 Å². The molecule has 0 heterocycles. The molecule has 2 fully saturated rings. The Morgan fingerprint density at radius 1 is 0.951 bits per heavy atom. The van der Waals surface area contributed by atoms with Gasteiger partial charge < -0.3 is 23.4 Å². The Bertz CT molecular complexity index is 1110. The predicted molar refractivity (Wildman–Crippen MR) is 164 cm³/mol. The maximum atomic E-state index is 13.2. The second-order valence-corrected chi connectivity index (χ2v) is 18.0. The van der Waals surface area contributed by atoms with Gasteiger partial charge >= 0.3 is 5.97 Å². The molecule has 6 nitrogen and oxygen atoms in total. The lowest BCUT2D eigenvalue weighted by Gasteiger charge is -2.44. The van der Waals surface area contributed by atoms with Crippen LogP contribution in [0.4, 0.5) is 0 Å². The fourth-order valence-electron chi connectivity index (χ4n) is 6.20. The van der Waals surface area contributed by atoms with Crippen molar-refractivity contribution in [2.75, 3.05) is 26.9 Å². The van der Waals surface area contributed by atoms with Gasteiger partial charge in [0.1, 0.15) is 5.75 Å². The summed E-state index contributed by atoms with van der Waals surface area (Å²) in [5.74, 6) is 1.40. The van der Waals surface area contributed by atoms with E-state index < -0.39 is 13.9 Å². The quantitative estimate of drug-likeness (QED) is 0.131. The van der Waals surface area contributed by atoms with Crippen LogP contribution in [0.3, 0.4) is 0 Å². The third kappa shape index (κ3) is 7.61. The van der Waals surface area contributed by atoms with Gasteiger partial charge in [0.25, 0.3) is 0 Å². The average molecular weight is 583 g/mol. The van der Waals surface area contributed by atoms with Crippen LogP contribution in [-0.4, -0.2) is 46.8 Å². The Kier molecular flexibility index (Phi) is 10.4. The van der Waals surface area contributed by atoms with Crippen molar-refractivity contribution in [2.24, 2.45) is 23.7 Å². The van der Waals surface area contributed by atoms with Gasteiger partial charge in [-0.05, 0) is 79.4 Å².